The number of nitrogens with one attached hydrogen (secondary N) is 2. The molecule has 8 heteroatoms. The van der Waals surface area contributed by atoms with E-state index < -0.39 is 15.7 Å². The van der Waals surface area contributed by atoms with Crippen LogP contribution in [0.15, 0.2) is 11.8 Å². The lowest BCUT2D eigenvalue weighted by Gasteiger charge is -2.08. The predicted molar refractivity (Wildman–Crippen MR) is 68.8 cm³/mol. The van der Waals surface area contributed by atoms with E-state index in [0.717, 1.165) is 0 Å². The summed E-state index contributed by atoms with van der Waals surface area (Å²) >= 11 is 0. The number of nitriles is 1. The van der Waals surface area contributed by atoms with E-state index >= 15 is 0 Å². The first-order valence-electron chi connectivity index (χ1n) is 5.82. The number of hydrogen-bond acceptors (Lipinski definition) is 6. The average molecular weight is 287 g/mol. The topological polar surface area (TPSA) is 108 Å². The van der Waals surface area contributed by atoms with Gasteiger partial charge in [0, 0.05) is 25.9 Å². The van der Waals surface area contributed by atoms with Gasteiger partial charge in [-0.3, -0.25) is 4.79 Å². The van der Waals surface area contributed by atoms with Gasteiger partial charge in [0.15, 0.2) is 9.84 Å². The SMILES string of the molecule is COCCNC(=O)/C(C#N)=C\NC1CCS(=O)(=O)C1. The Balaban J connectivity index is 2.49. The van der Waals surface area contributed by atoms with E-state index in [2.05, 4.69) is 10.6 Å². The summed E-state index contributed by atoms with van der Waals surface area (Å²) in [4.78, 5) is 11.6. The monoisotopic (exact) mass is 287 g/mol. The van der Waals surface area contributed by atoms with Gasteiger partial charge in [0.2, 0.25) is 0 Å². The van der Waals surface area contributed by atoms with Gasteiger partial charge >= 0.3 is 0 Å². The van der Waals surface area contributed by atoms with Crippen LogP contribution in [0.2, 0.25) is 0 Å². The highest BCUT2D eigenvalue weighted by molar-refractivity contribution is 7.91. The second kappa shape index (κ2) is 7.11. The molecule has 1 aliphatic heterocycles. The third kappa shape index (κ3) is 5.28. The van der Waals surface area contributed by atoms with Crippen LogP contribution in [-0.4, -0.2) is 52.1 Å². The number of methoxy groups -OCH3 is 1. The van der Waals surface area contributed by atoms with E-state index in [-0.39, 0.29) is 23.1 Å². The van der Waals surface area contributed by atoms with Crippen LogP contribution in [0.25, 0.3) is 0 Å². The van der Waals surface area contributed by atoms with Crippen LogP contribution in [0.3, 0.4) is 0 Å². The molecule has 7 nitrogen and oxygen atoms in total. The van der Waals surface area contributed by atoms with Gasteiger partial charge in [0.05, 0.1) is 18.1 Å². The van der Waals surface area contributed by atoms with Crippen LogP contribution in [0.4, 0.5) is 0 Å². The number of rotatable bonds is 6. The summed E-state index contributed by atoms with van der Waals surface area (Å²) in [6.45, 7) is 0.672. The summed E-state index contributed by atoms with van der Waals surface area (Å²) in [6.07, 6.45) is 1.76. The zero-order chi connectivity index (χ0) is 14.3. The van der Waals surface area contributed by atoms with Crippen LogP contribution < -0.4 is 10.6 Å². The summed E-state index contributed by atoms with van der Waals surface area (Å²) in [7, 11) is -1.47. The van der Waals surface area contributed by atoms with Gasteiger partial charge in [-0.1, -0.05) is 0 Å². The molecule has 0 radical (unpaired) electrons. The van der Waals surface area contributed by atoms with E-state index in [9.17, 15) is 13.2 Å². The molecular formula is C11H17N3O4S. The largest absolute Gasteiger partial charge is 0.386 e. The molecule has 0 saturated carbocycles. The van der Waals surface area contributed by atoms with Crippen LogP contribution >= 0.6 is 0 Å². The third-order valence-electron chi connectivity index (χ3n) is 2.65. The van der Waals surface area contributed by atoms with Gasteiger partial charge in [0.25, 0.3) is 5.91 Å². The highest BCUT2D eigenvalue weighted by atomic mass is 32.2. The van der Waals surface area contributed by atoms with Crippen molar-refractivity contribution >= 4 is 15.7 Å². The number of ether oxygens (including phenoxy) is 1. The van der Waals surface area contributed by atoms with E-state index in [1.807, 2.05) is 0 Å². The lowest BCUT2D eigenvalue weighted by Crippen LogP contribution is -2.31. The van der Waals surface area contributed by atoms with E-state index in [4.69, 9.17) is 10.00 Å². The molecule has 0 spiro atoms. The lowest BCUT2D eigenvalue weighted by atomic mass is 10.2. The van der Waals surface area contributed by atoms with Crippen molar-refractivity contribution in [2.45, 2.75) is 12.5 Å². The zero-order valence-electron chi connectivity index (χ0n) is 10.7. The molecule has 1 heterocycles. The first-order chi connectivity index (χ1) is 8.98. The summed E-state index contributed by atoms with van der Waals surface area (Å²) in [5.74, 6) is -0.332. The standard InChI is InChI=1S/C11H17N3O4S/c1-18-4-3-13-11(15)9(6-12)7-14-10-2-5-19(16,17)8-10/h7,10,14H,2-5,8H2,1H3,(H,13,15)/b9-7-. The van der Waals surface area contributed by atoms with Gasteiger partial charge in [-0.2, -0.15) is 5.26 Å². The Bertz CT molecular complexity index is 493. The molecule has 1 aliphatic rings. The summed E-state index contributed by atoms with van der Waals surface area (Å²) in [5.41, 5.74) is -0.0830. The minimum absolute atomic E-state index is 0.0352. The molecule has 0 bridgehead atoms. The Morgan fingerprint density at radius 3 is 2.84 bits per heavy atom. The van der Waals surface area contributed by atoms with Crippen molar-refractivity contribution in [3.8, 4) is 6.07 Å². The molecule has 0 aromatic rings. The molecule has 1 amide bonds. The summed E-state index contributed by atoms with van der Waals surface area (Å²) < 4.78 is 27.3. The number of hydrogen-bond donors (Lipinski definition) is 2. The van der Waals surface area contributed by atoms with Gasteiger partial charge in [0.1, 0.15) is 11.6 Å². The number of sulfone groups is 1. The molecular weight excluding hydrogens is 270 g/mol. The number of nitrogens with zero attached hydrogens (tertiary/aromatic N) is 1. The van der Waals surface area contributed by atoms with Gasteiger partial charge in [-0.15, -0.1) is 0 Å². The number of carbonyl (C=O) groups excluding carboxylic acids is 1. The Labute approximate surface area is 112 Å². The molecule has 1 atom stereocenters. The van der Waals surface area contributed by atoms with Crippen LogP contribution in [-0.2, 0) is 19.4 Å². The third-order valence-corrected chi connectivity index (χ3v) is 4.42. The van der Waals surface area contributed by atoms with Crippen molar-refractivity contribution in [1.82, 2.24) is 10.6 Å². The van der Waals surface area contributed by atoms with Crippen LogP contribution in [0.1, 0.15) is 6.42 Å². The van der Waals surface area contributed by atoms with E-state index in [0.29, 0.717) is 19.6 Å². The second-order valence-electron chi connectivity index (χ2n) is 4.19. The highest BCUT2D eigenvalue weighted by Crippen LogP contribution is 2.11. The minimum Gasteiger partial charge on any atom is -0.386 e. The van der Waals surface area contributed by atoms with Gasteiger partial charge in [-0.05, 0) is 6.42 Å². The molecule has 2 N–H and O–H groups in total. The maximum atomic E-state index is 11.6. The maximum Gasteiger partial charge on any atom is 0.263 e. The molecule has 1 saturated heterocycles. The first-order valence-corrected chi connectivity index (χ1v) is 7.64. The molecule has 106 valence electrons. The predicted octanol–water partition coefficient (Wildman–Crippen LogP) is -1.07. The Kier molecular flexibility index (Phi) is 5.79. The Hall–Kier alpha value is -1.59. The fourth-order valence-corrected chi connectivity index (χ4v) is 3.32. The summed E-state index contributed by atoms with van der Waals surface area (Å²) in [5, 5.41) is 14.2. The summed E-state index contributed by atoms with van der Waals surface area (Å²) in [6, 6.07) is 1.53. The fraction of sp³-hybridized carbons (Fsp3) is 0.636. The van der Waals surface area contributed by atoms with Crippen molar-refractivity contribution < 1.29 is 17.9 Å². The quantitative estimate of drug-likeness (QED) is 0.366. The Morgan fingerprint density at radius 2 is 2.32 bits per heavy atom. The molecule has 0 aromatic carbocycles. The lowest BCUT2D eigenvalue weighted by molar-refractivity contribution is -0.117. The van der Waals surface area contributed by atoms with Gasteiger partial charge < -0.3 is 15.4 Å². The molecule has 1 fully saturated rings. The van der Waals surface area contributed by atoms with Crippen molar-refractivity contribution in [3.63, 3.8) is 0 Å². The molecule has 19 heavy (non-hydrogen) atoms. The van der Waals surface area contributed by atoms with Crippen molar-refractivity contribution in [2.24, 2.45) is 0 Å². The van der Waals surface area contributed by atoms with E-state index in [1.54, 1.807) is 6.07 Å². The smallest absolute Gasteiger partial charge is 0.263 e. The fourth-order valence-electron chi connectivity index (χ4n) is 1.64. The molecule has 1 unspecified atom stereocenters. The maximum absolute atomic E-state index is 11.6. The van der Waals surface area contributed by atoms with Crippen molar-refractivity contribution in [2.75, 3.05) is 31.8 Å². The Morgan fingerprint density at radius 1 is 1.58 bits per heavy atom. The second-order valence-corrected chi connectivity index (χ2v) is 6.41. The molecule has 1 rings (SSSR count). The molecule has 0 aromatic heterocycles. The van der Waals surface area contributed by atoms with Crippen molar-refractivity contribution in [1.29, 1.82) is 5.26 Å². The van der Waals surface area contributed by atoms with Crippen molar-refractivity contribution in [3.05, 3.63) is 11.8 Å². The van der Waals surface area contributed by atoms with Crippen LogP contribution in [0, 0.1) is 11.3 Å². The zero-order valence-corrected chi connectivity index (χ0v) is 11.5. The first kappa shape index (κ1) is 15.5. The minimum atomic E-state index is -2.98. The van der Waals surface area contributed by atoms with Crippen LogP contribution in [0.5, 0.6) is 0 Å². The van der Waals surface area contributed by atoms with E-state index in [1.165, 1.54) is 13.3 Å². The number of amides is 1. The normalized spacial score (nSPS) is 21.7. The number of carbonyl (C=O) groups is 1. The highest BCUT2D eigenvalue weighted by Gasteiger charge is 2.27. The molecule has 0 aliphatic carbocycles. The van der Waals surface area contributed by atoms with Gasteiger partial charge in [-0.25, -0.2) is 8.42 Å². The average Bonchev–Trinajstić information content (AvgIpc) is 2.70.